The van der Waals surface area contributed by atoms with E-state index in [0.29, 0.717) is 18.8 Å². The van der Waals surface area contributed by atoms with E-state index in [-0.39, 0.29) is 47.2 Å². The molecule has 0 saturated carbocycles. The van der Waals surface area contributed by atoms with Gasteiger partial charge in [-0.15, -0.1) is 0 Å². The number of para-hydroxylation sites is 1. The Labute approximate surface area is 192 Å². The smallest absolute Gasteiger partial charge is 0.257 e. The Morgan fingerprint density at radius 2 is 1.94 bits per heavy atom. The Hall–Kier alpha value is -3.36. The van der Waals surface area contributed by atoms with Crippen LogP contribution in [0, 0.1) is 5.92 Å². The van der Waals surface area contributed by atoms with Gasteiger partial charge in [-0.25, -0.2) is 0 Å². The number of rotatable bonds is 8. The van der Waals surface area contributed by atoms with Crippen molar-refractivity contribution >= 4 is 17.4 Å². The molecule has 1 amide bonds. The van der Waals surface area contributed by atoms with Gasteiger partial charge in [0, 0.05) is 25.6 Å². The second-order valence-corrected chi connectivity index (χ2v) is 8.49. The van der Waals surface area contributed by atoms with Crippen LogP contribution in [0.1, 0.15) is 41.7 Å². The van der Waals surface area contributed by atoms with Crippen molar-refractivity contribution in [1.82, 2.24) is 10.2 Å². The van der Waals surface area contributed by atoms with E-state index >= 15 is 0 Å². The number of benzene rings is 2. The summed E-state index contributed by atoms with van der Waals surface area (Å²) >= 11 is 0. The summed E-state index contributed by atoms with van der Waals surface area (Å²) in [5.41, 5.74) is 1.88. The van der Waals surface area contributed by atoms with Crippen LogP contribution in [0.5, 0.6) is 5.75 Å². The van der Waals surface area contributed by atoms with Gasteiger partial charge in [0.15, 0.2) is 11.9 Å². The fourth-order valence-electron chi connectivity index (χ4n) is 4.32. The molecule has 0 aromatic heterocycles. The quantitative estimate of drug-likeness (QED) is 0.390. The number of phenols is 1. The van der Waals surface area contributed by atoms with Crippen molar-refractivity contribution in [2.24, 2.45) is 5.92 Å². The number of amides is 1. The standard InChI is InChI=1S/C25H29N3O5/c1-2-18(16-7-4-3-5-8-16)26-20-21(24(32)23(20)31)27-19-10-6-9-17(22(19)30)25(33)28-12-11-15(13-28)14-29/h3-10,15,18,23,26-27,29-31H,2,11-14H2,1H3/t15-,18+,23?/m0/s1. The number of likely N-dealkylation sites (tertiary alicyclic amines) is 1. The number of carbonyl (C=O) groups is 2. The summed E-state index contributed by atoms with van der Waals surface area (Å²) in [5, 5.41) is 36.5. The van der Waals surface area contributed by atoms with Crippen molar-refractivity contribution in [2.45, 2.75) is 31.9 Å². The van der Waals surface area contributed by atoms with Gasteiger partial charge in [0.2, 0.25) is 5.78 Å². The van der Waals surface area contributed by atoms with Crippen LogP contribution in [-0.4, -0.2) is 57.7 Å². The minimum absolute atomic E-state index is 0.0213. The van der Waals surface area contributed by atoms with Crippen LogP contribution in [0.3, 0.4) is 0 Å². The van der Waals surface area contributed by atoms with Gasteiger partial charge in [-0.2, -0.15) is 0 Å². The number of ketones is 1. The molecule has 1 aliphatic carbocycles. The predicted molar refractivity (Wildman–Crippen MR) is 123 cm³/mol. The van der Waals surface area contributed by atoms with Crippen LogP contribution >= 0.6 is 0 Å². The maximum Gasteiger partial charge on any atom is 0.257 e. The molecule has 1 fully saturated rings. The molecule has 5 N–H and O–H groups in total. The number of aliphatic hydroxyl groups is 2. The molecule has 4 rings (SSSR count). The van der Waals surface area contributed by atoms with Crippen LogP contribution in [0.25, 0.3) is 0 Å². The summed E-state index contributed by atoms with van der Waals surface area (Å²) in [6, 6.07) is 14.4. The number of Topliss-reactive ketones (excluding diaryl/α,β-unsaturated/α-hetero) is 1. The number of nitrogens with zero attached hydrogens (tertiary/aromatic N) is 1. The van der Waals surface area contributed by atoms with E-state index in [9.17, 15) is 24.9 Å². The number of phenolic OH excluding ortho intramolecular Hbond substituents is 1. The molecule has 1 unspecified atom stereocenters. The highest BCUT2D eigenvalue weighted by atomic mass is 16.3. The molecular weight excluding hydrogens is 422 g/mol. The molecule has 1 heterocycles. The first-order valence-electron chi connectivity index (χ1n) is 11.2. The summed E-state index contributed by atoms with van der Waals surface area (Å²) in [7, 11) is 0. The van der Waals surface area contributed by atoms with Gasteiger partial charge in [-0.05, 0) is 30.5 Å². The molecule has 0 bridgehead atoms. The summed E-state index contributed by atoms with van der Waals surface area (Å²) in [6.45, 7) is 2.98. The molecule has 8 heteroatoms. The van der Waals surface area contributed by atoms with E-state index in [4.69, 9.17) is 0 Å². The van der Waals surface area contributed by atoms with Gasteiger partial charge < -0.3 is 30.9 Å². The van der Waals surface area contributed by atoms with Gasteiger partial charge in [0.05, 0.1) is 23.0 Å². The summed E-state index contributed by atoms with van der Waals surface area (Å²) in [5.74, 6) is -1.02. The topological polar surface area (TPSA) is 122 Å². The van der Waals surface area contributed by atoms with Crippen LogP contribution in [0.4, 0.5) is 5.69 Å². The van der Waals surface area contributed by atoms with Crippen LogP contribution in [-0.2, 0) is 4.79 Å². The van der Waals surface area contributed by atoms with E-state index in [0.717, 1.165) is 18.4 Å². The molecule has 8 nitrogen and oxygen atoms in total. The number of hydrogen-bond acceptors (Lipinski definition) is 7. The first-order valence-corrected chi connectivity index (χ1v) is 11.2. The fraction of sp³-hybridized carbons (Fsp3) is 0.360. The molecule has 33 heavy (non-hydrogen) atoms. The highest BCUT2D eigenvalue weighted by Gasteiger charge is 2.40. The van der Waals surface area contributed by atoms with Gasteiger partial charge in [0.1, 0.15) is 5.70 Å². The lowest BCUT2D eigenvalue weighted by Gasteiger charge is -2.33. The lowest BCUT2D eigenvalue weighted by atomic mass is 9.92. The highest BCUT2D eigenvalue weighted by molar-refractivity contribution is 6.11. The molecule has 2 aliphatic rings. The molecular formula is C25H29N3O5. The SMILES string of the molecule is CC[C@@H](NC1=C(Nc2cccc(C(=O)N3CC[C@H](CO)C3)c2O)C(=O)C1O)c1ccccc1. The van der Waals surface area contributed by atoms with Gasteiger partial charge in [-0.3, -0.25) is 9.59 Å². The average Bonchev–Trinajstić information content (AvgIpc) is 3.34. The third-order valence-electron chi connectivity index (χ3n) is 6.33. The van der Waals surface area contributed by atoms with E-state index in [1.54, 1.807) is 17.0 Å². The Morgan fingerprint density at radius 3 is 2.61 bits per heavy atom. The number of carbonyl (C=O) groups excluding carboxylic acids is 2. The normalized spacial score (nSPS) is 21.1. The number of nitrogens with one attached hydrogen (secondary N) is 2. The fourth-order valence-corrected chi connectivity index (χ4v) is 4.32. The molecule has 0 radical (unpaired) electrons. The minimum Gasteiger partial charge on any atom is -0.505 e. The lowest BCUT2D eigenvalue weighted by Crippen LogP contribution is -2.46. The average molecular weight is 452 g/mol. The van der Waals surface area contributed by atoms with Gasteiger partial charge >= 0.3 is 0 Å². The zero-order valence-corrected chi connectivity index (χ0v) is 18.5. The van der Waals surface area contributed by atoms with E-state index < -0.39 is 11.9 Å². The summed E-state index contributed by atoms with van der Waals surface area (Å²) in [4.78, 5) is 26.9. The molecule has 1 aliphatic heterocycles. The number of aromatic hydroxyl groups is 1. The molecule has 2 aromatic rings. The lowest BCUT2D eigenvalue weighted by molar-refractivity contribution is -0.124. The number of hydrogen-bond donors (Lipinski definition) is 5. The Kier molecular flexibility index (Phi) is 6.67. The van der Waals surface area contributed by atoms with Crippen molar-refractivity contribution < 1.29 is 24.9 Å². The molecule has 174 valence electrons. The first-order chi connectivity index (χ1) is 15.9. The Balaban J connectivity index is 1.56. The van der Waals surface area contributed by atoms with Crippen LogP contribution < -0.4 is 10.6 Å². The van der Waals surface area contributed by atoms with Crippen molar-refractivity contribution in [3.8, 4) is 5.75 Å². The van der Waals surface area contributed by atoms with Crippen LogP contribution in [0.2, 0.25) is 0 Å². The maximum absolute atomic E-state index is 12.9. The van der Waals surface area contributed by atoms with Gasteiger partial charge in [0.25, 0.3) is 5.91 Å². The third kappa shape index (κ3) is 4.44. The predicted octanol–water partition coefficient (Wildman–Crippen LogP) is 2.15. The summed E-state index contributed by atoms with van der Waals surface area (Å²) in [6.07, 6.45) is 0.189. The number of anilines is 1. The molecule has 3 atom stereocenters. The second kappa shape index (κ2) is 9.64. The Morgan fingerprint density at radius 1 is 1.18 bits per heavy atom. The van der Waals surface area contributed by atoms with E-state index in [1.165, 1.54) is 6.07 Å². The van der Waals surface area contributed by atoms with Crippen molar-refractivity contribution in [3.63, 3.8) is 0 Å². The van der Waals surface area contributed by atoms with E-state index in [1.807, 2.05) is 37.3 Å². The summed E-state index contributed by atoms with van der Waals surface area (Å²) < 4.78 is 0. The highest BCUT2D eigenvalue weighted by Crippen LogP contribution is 2.34. The maximum atomic E-state index is 12.9. The number of aliphatic hydroxyl groups excluding tert-OH is 2. The van der Waals surface area contributed by atoms with Gasteiger partial charge in [-0.1, -0.05) is 43.3 Å². The van der Waals surface area contributed by atoms with Crippen molar-refractivity contribution in [2.75, 3.05) is 25.0 Å². The molecule has 0 spiro atoms. The van der Waals surface area contributed by atoms with Crippen LogP contribution in [0.15, 0.2) is 59.9 Å². The van der Waals surface area contributed by atoms with E-state index in [2.05, 4.69) is 10.6 Å². The monoisotopic (exact) mass is 451 g/mol. The molecule has 1 saturated heterocycles. The minimum atomic E-state index is -1.27. The zero-order chi connectivity index (χ0) is 23.5. The zero-order valence-electron chi connectivity index (χ0n) is 18.5. The largest absolute Gasteiger partial charge is 0.505 e. The first kappa shape index (κ1) is 22.8. The van der Waals surface area contributed by atoms with Crippen molar-refractivity contribution in [1.29, 1.82) is 0 Å². The third-order valence-corrected chi connectivity index (χ3v) is 6.33. The van der Waals surface area contributed by atoms with Crippen molar-refractivity contribution in [3.05, 3.63) is 71.1 Å². The second-order valence-electron chi connectivity index (χ2n) is 8.49. The molecule has 2 aromatic carbocycles. The Bertz CT molecular complexity index is 1070.